The van der Waals surface area contributed by atoms with Crippen molar-refractivity contribution in [2.45, 2.75) is 50.8 Å². The quantitative estimate of drug-likeness (QED) is 0.749. The Balaban J connectivity index is 1.33. The van der Waals surface area contributed by atoms with Gasteiger partial charge in [-0.2, -0.15) is 5.10 Å². The maximum absolute atomic E-state index is 12.7. The van der Waals surface area contributed by atoms with E-state index in [1.165, 1.54) is 12.8 Å². The molecule has 2 aromatic rings. The Hall–Kier alpha value is -2.41. The molecule has 3 heterocycles. The third-order valence-corrected chi connectivity index (χ3v) is 5.33. The zero-order chi connectivity index (χ0) is 18.5. The topological polar surface area (TPSA) is 69.5 Å². The van der Waals surface area contributed by atoms with Gasteiger partial charge in [-0.15, -0.1) is 0 Å². The van der Waals surface area contributed by atoms with Gasteiger partial charge in [0.25, 0.3) is 0 Å². The van der Waals surface area contributed by atoms with E-state index in [1.54, 1.807) is 18.6 Å². The van der Waals surface area contributed by atoms with Gasteiger partial charge < -0.3 is 14.4 Å². The monoisotopic (exact) mass is 370 g/mol. The maximum atomic E-state index is 12.7. The Morgan fingerprint density at radius 3 is 2.93 bits per heavy atom. The molecule has 0 unspecified atom stereocenters. The summed E-state index contributed by atoms with van der Waals surface area (Å²) >= 11 is 0. The van der Waals surface area contributed by atoms with E-state index >= 15 is 0 Å². The highest BCUT2D eigenvalue weighted by Gasteiger charge is 2.29. The van der Waals surface area contributed by atoms with Crippen LogP contribution in [0.1, 0.15) is 43.8 Å². The van der Waals surface area contributed by atoms with Gasteiger partial charge in [0, 0.05) is 25.4 Å². The lowest BCUT2D eigenvalue weighted by atomic mass is 10.1. The predicted molar refractivity (Wildman–Crippen MR) is 99.2 cm³/mol. The van der Waals surface area contributed by atoms with Crippen molar-refractivity contribution in [1.82, 2.24) is 19.7 Å². The predicted octanol–water partition coefficient (Wildman–Crippen LogP) is 2.59. The van der Waals surface area contributed by atoms with Crippen molar-refractivity contribution in [3.05, 3.63) is 42.5 Å². The first-order valence-electron chi connectivity index (χ1n) is 9.74. The van der Waals surface area contributed by atoms with E-state index < -0.39 is 0 Å². The average molecular weight is 370 g/mol. The minimum absolute atomic E-state index is 0.0625. The minimum Gasteiger partial charge on any atom is -0.492 e. The van der Waals surface area contributed by atoms with Crippen molar-refractivity contribution >= 4 is 5.91 Å². The summed E-state index contributed by atoms with van der Waals surface area (Å²) in [5, 5.41) is 4.45. The molecule has 27 heavy (non-hydrogen) atoms. The van der Waals surface area contributed by atoms with Crippen LogP contribution in [0.3, 0.4) is 0 Å². The van der Waals surface area contributed by atoms with Gasteiger partial charge in [-0.1, -0.05) is 12.8 Å². The fraction of sp³-hybridized carbons (Fsp3) is 0.550. The fourth-order valence-electron chi connectivity index (χ4n) is 3.87. The number of pyridine rings is 1. The van der Waals surface area contributed by atoms with Crippen molar-refractivity contribution in [2.75, 3.05) is 19.8 Å². The molecule has 1 aliphatic carbocycles. The molecule has 1 amide bonds. The largest absolute Gasteiger partial charge is 0.492 e. The Bertz CT molecular complexity index is 743. The maximum Gasteiger partial charge on any atom is 0.249 e. The van der Waals surface area contributed by atoms with E-state index in [0.717, 1.165) is 30.7 Å². The van der Waals surface area contributed by atoms with E-state index in [9.17, 15) is 4.79 Å². The number of hydrogen-bond donors (Lipinski definition) is 0. The molecule has 7 nitrogen and oxygen atoms in total. The molecule has 0 N–H and O–H groups in total. The lowest BCUT2D eigenvalue weighted by Crippen LogP contribution is -2.43. The fourth-order valence-corrected chi connectivity index (χ4v) is 3.87. The molecule has 1 saturated carbocycles. The Morgan fingerprint density at radius 1 is 1.22 bits per heavy atom. The smallest absolute Gasteiger partial charge is 0.249 e. The van der Waals surface area contributed by atoms with E-state index in [2.05, 4.69) is 10.1 Å². The molecule has 0 bridgehead atoms. The number of ether oxygens (including phenoxy) is 2. The first-order chi connectivity index (χ1) is 13.3. The van der Waals surface area contributed by atoms with Crippen LogP contribution in [-0.2, 0) is 16.1 Å². The molecule has 4 rings (SSSR count). The van der Waals surface area contributed by atoms with Gasteiger partial charge in [0.1, 0.15) is 12.4 Å². The number of carbonyl (C=O) groups is 1. The van der Waals surface area contributed by atoms with Crippen molar-refractivity contribution < 1.29 is 14.3 Å². The van der Waals surface area contributed by atoms with E-state index in [0.29, 0.717) is 19.7 Å². The van der Waals surface area contributed by atoms with Gasteiger partial charge in [0.05, 0.1) is 37.2 Å². The van der Waals surface area contributed by atoms with Crippen LogP contribution in [0.15, 0.2) is 36.8 Å². The van der Waals surface area contributed by atoms with Crippen LogP contribution in [-0.4, -0.2) is 51.4 Å². The number of amides is 1. The molecule has 2 aromatic heterocycles. The van der Waals surface area contributed by atoms with Crippen LogP contribution in [0.4, 0.5) is 0 Å². The molecule has 0 spiro atoms. The van der Waals surface area contributed by atoms with Crippen LogP contribution in [0.2, 0.25) is 0 Å². The molecule has 0 saturated heterocycles. The standard InChI is InChI=1S/C20H26N4O3/c25-20(15-27-18-4-1-2-5-18)23-13-16-7-10-22-24(16)17(14-23)8-11-26-19-6-3-9-21-12-19/h3,6-7,9-10,12,17-18H,1-2,4-5,8,11,13-15H2/t17-/m0/s1. The zero-order valence-corrected chi connectivity index (χ0v) is 15.5. The number of hydrogen-bond acceptors (Lipinski definition) is 5. The third kappa shape index (κ3) is 4.47. The van der Waals surface area contributed by atoms with E-state index in [1.807, 2.05) is 27.8 Å². The second-order valence-corrected chi connectivity index (χ2v) is 7.24. The first-order valence-corrected chi connectivity index (χ1v) is 9.74. The summed E-state index contributed by atoms with van der Waals surface area (Å²) in [5.41, 5.74) is 1.06. The van der Waals surface area contributed by atoms with Gasteiger partial charge in [-0.25, -0.2) is 0 Å². The first kappa shape index (κ1) is 18.0. The van der Waals surface area contributed by atoms with E-state index in [-0.39, 0.29) is 24.7 Å². The van der Waals surface area contributed by atoms with Crippen LogP contribution in [0.25, 0.3) is 0 Å². The molecule has 7 heteroatoms. The van der Waals surface area contributed by atoms with Crippen molar-refractivity contribution in [3.63, 3.8) is 0 Å². The van der Waals surface area contributed by atoms with Crippen molar-refractivity contribution in [2.24, 2.45) is 0 Å². The third-order valence-electron chi connectivity index (χ3n) is 5.33. The van der Waals surface area contributed by atoms with Crippen molar-refractivity contribution in [3.8, 4) is 5.75 Å². The highest BCUT2D eigenvalue weighted by molar-refractivity contribution is 5.77. The second kappa shape index (κ2) is 8.52. The molecule has 0 radical (unpaired) electrons. The summed E-state index contributed by atoms with van der Waals surface area (Å²) in [4.78, 5) is 18.6. The zero-order valence-electron chi connectivity index (χ0n) is 15.5. The normalized spacial score (nSPS) is 19.9. The molecule has 1 fully saturated rings. The summed E-state index contributed by atoms with van der Waals surface area (Å²) in [6.07, 6.45) is 10.8. The number of aromatic nitrogens is 3. The molecule has 0 aromatic carbocycles. The van der Waals surface area contributed by atoms with Gasteiger partial charge in [0.15, 0.2) is 0 Å². The van der Waals surface area contributed by atoms with Gasteiger partial charge >= 0.3 is 0 Å². The molecule has 144 valence electrons. The highest BCUT2D eigenvalue weighted by atomic mass is 16.5. The molecule has 1 atom stereocenters. The van der Waals surface area contributed by atoms with Gasteiger partial charge in [-0.05, 0) is 31.0 Å². The minimum atomic E-state index is 0.0625. The van der Waals surface area contributed by atoms with Crippen molar-refractivity contribution in [1.29, 1.82) is 0 Å². The number of nitrogens with zero attached hydrogens (tertiary/aromatic N) is 4. The Morgan fingerprint density at radius 2 is 2.11 bits per heavy atom. The Labute approximate surface area is 159 Å². The Kier molecular flexibility index (Phi) is 5.67. The molecular formula is C20H26N4O3. The number of fused-ring (bicyclic) bond motifs is 1. The van der Waals surface area contributed by atoms with E-state index in [4.69, 9.17) is 9.47 Å². The lowest BCUT2D eigenvalue weighted by Gasteiger charge is -2.34. The van der Waals surface area contributed by atoms with Gasteiger partial charge in [0.2, 0.25) is 5.91 Å². The number of rotatable bonds is 7. The molecular weight excluding hydrogens is 344 g/mol. The highest BCUT2D eigenvalue weighted by Crippen LogP contribution is 2.24. The van der Waals surface area contributed by atoms with Crippen LogP contribution in [0, 0.1) is 0 Å². The summed E-state index contributed by atoms with van der Waals surface area (Å²) in [6.45, 7) is 1.96. The number of carbonyl (C=O) groups excluding carboxylic acids is 1. The second-order valence-electron chi connectivity index (χ2n) is 7.24. The molecule has 2 aliphatic rings. The lowest BCUT2D eigenvalue weighted by molar-refractivity contribution is -0.140. The van der Waals surface area contributed by atoms with Crippen LogP contribution in [0.5, 0.6) is 5.75 Å². The van der Waals surface area contributed by atoms with Crippen LogP contribution >= 0.6 is 0 Å². The molecule has 1 aliphatic heterocycles. The summed E-state index contributed by atoms with van der Waals surface area (Å²) in [7, 11) is 0. The average Bonchev–Trinajstić information content (AvgIpc) is 3.38. The summed E-state index contributed by atoms with van der Waals surface area (Å²) < 4.78 is 13.6. The summed E-state index contributed by atoms with van der Waals surface area (Å²) in [5.74, 6) is 0.819. The van der Waals surface area contributed by atoms with Gasteiger partial charge in [-0.3, -0.25) is 14.5 Å². The van der Waals surface area contributed by atoms with Crippen LogP contribution < -0.4 is 4.74 Å². The SMILES string of the molecule is O=C(COC1CCCC1)N1Cc2ccnn2[C@@H](CCOc2cccnc2)C1. The summed E-state index contributed by atoms with van der Waals surface area (Å²) in [6, 6.07) is 5.83.